The van der Waals surface area contributed by atoms with E-state index < -0.39 is 11.7 Å². The predicted molar refractivity (Wildman–Crippen MR) is 118 cm³/mol. The van der Waals surface area contributed by atoms with E-state index in [1.165, 1.54) is 11.0 Å². The molecule has 0 unspecified atom stereocenters. The number of fused-ring (bicyclic) bond motifs is 1. The van der Waals surface area contributed by atoms with Gasteiger partial charge in [0.05, 0.1) is 17.6 Å². The molecule has 0 aliphatic carbocycles. The molecular formula is C23H24F3N5O2. The third-order valence-electron chi connectivity index (χ3n) is 4.87. The topological polar surface area (TPSA) is 87.2 Å². The van der Waals surface area contributed by atoms with Crippen LogP contribution in [0.5, 0.6) is 0 Å². The van der Waals surface area contributed by atoms with Crippen LogP contribution in [-0.2, 0) is 28.9 Å². The first-order valence-electron chi connectivity index (χ1n) is 10.3. The van der Waals surface area contributed by atoms with E-state index in [1.54, 1.807) is 38.4 Å². The van der Waals surface area contributed by atoms with Crippen molar-refractivity contribution >= 4 is 28.5 Å². The fraction of sp³-hybridized carbons (Fsp3) is 0.304. The first kappa shape index (κ1) is 24.0. The summed E-state index contributed by atoms with van der Waals surface area (Å²) in [7, 11) is 3.24. The van der Waals surface area contributed by atoms with Crippen LogP contribution in [0.1, 0.15) is 29.8 Å². The second-order valence-corrected chi connectivity index (χ2v) is 7.62. The van der Waals surface area contributed by atoms with Crippen molar-refractivity contribution in [3.8, 4) is 0 Å². The molecule has 2 amide bonds. The number of aromatic nitrogens is 2. The van der Waals surface area contributed by atoms with Gasteiger partial charge in [-0.2, -0.15) is 13.2 Å². The van der Waals surface area contributed by atoms with Crippen LogP contribution in [0.3, 0.4) is 0 Å². The van der Waals surface area contributed by atoms with Crippen molar-refractivity contribution in [2.75, 3.05) is 19.4 Å². The normalized spacial score (nSPS) is 11.3. The molecule has 7 nitrogen and oxygen atoms in total. The van der Waals surface area contributed by atoms with E-state index in [4.69, 9.17) is 0 Å². The third-order valence-corrected chi connectivity index (χ3v) is 4.87. The summed E-state index contributed by atoms with van der Waals surface area (Å²) in [5.41, 5.74) is 0.365. The zero-order valence-electron chi connectivity index (χ0n) is 18.2. The lowest BCUT2D eigenvalue weighted by Gasteiger charge is -2.13. The Labute approximate surface area is 189 Å². The van der Waals surface area contributed by atoms with Gasteiger partial charge in [-0.3, -0.25) is 9.59 Å². The number of carbonyl (C=O) groups excluding carboxylic acids is 2. The number of hydrogen-bond acceptors (Lipinski definition) is 5. The first-order valence-corrected chi connectivity index (χ1v) is 10.3. The van der Waals surface area contributed by atoms with E-state index in [2.05, 4.69) is 20.6 Å². The van der Waals surface area contributed by atoms with E-state index >= 15 is 0 Å². The average molecular weight is 459 g/mol. The molecule has 174 valence electrons. The molecule has 0 spiro atoms. The molecule has 0 atom stereocenters. The van der Waals surface area contributed by atoms with E-state index in [-0.39, 0.29) is 37.7 Å². The molecule has 33 heavy (non-hydrogen) atoms. The van der Waals surface area contributed by atoms with Crippen LogP contribution in [0.25, 0.3) is 10.9 Å². The lowest BCUT2D eigenvalue weighted by atomic mass is 10.1. The molecule has 0 aliphatic heterocycles. The molecular weight excluding hydrogens is 435 g/mol. The van der Waals surface area contributed by atoms with Gasteiger partial charge in [-0.25, -0.2) is 9.97 Å². The second kappa shape index (κ2) is 10.3. The summed E-state index contributed by atoms with van der Waals surface area (Å²) < 4.78 is 39.0. The maximum absolute atomic E-state index is 13.0. The molecule has 1 aromatic heterocycles. The van der Waals surface area contributed by atoms with Crippen LogP contribution >= 0.6 is 0 Å². The molecule has 1 heterocycles. The Kier molecular flexibility index (Phi) is 7.47. The molecule has 3 aromatic rings. The molecule has 2 aromatic carbocycles. The highest BCUT2D eigenvalue weighted by molar-refractivity contribution is 5.89. The highest BCUT2D eigenvalue weighted by Gasteiger charge is 2.30. The van der Waals surface area contributed by atoms with Gasteiger partial charge >= 0.3 is 6.18 Å². The van der Waals surface area contributed by atoms with Gasteiger partial charge in [0, 0.05) is 38.9 Å². The Morgan fingerprint density at radius 1 is 0.970 bits per heavy atom. The minimum atomic E-state index is -4.42. The number of nitrogens with one attached hydrogen (secondary N) is 2. The SMILES string of the molecule is CN(C)C(=O)CCC(=O)NCc1nc(NCc2cccc(C(F)(F)F)c2)c2ccccc2n1. The molecule has 0 saturated heterocycles. The Bertz CT molecular complexity index is 1150. The van der Waals surface area contributed by atoms with Gasteiger partial charge in [0.15, 0.2) is 5.82 Å². The molecule has 0 saturated carbocycles. The Hall–Kier alpha value is -3.69. The van der Waals surface area contributed by atoms with E-state index in [0.29, 0.717) is 28.1 Å². The molecule has 0 fully saturated rings. The van der Waals surface area contributed by atoms with Crippen LogP contribution in [0.4, 0.5) is 19.0 Å². The number of amides is 2. The summed E-state index contributed by atoms with van der Waals surface area (Å²) in [6.07, 6.45) is -4.27. The number of nitrogens with zero attached hydrogens (tertiary/aromatic N) is 3. The van der Waals surface area contributed by atoms with Crippen molar-refractivity contribution in [3.05, 3.63) is 65.5 Å². The zero-order valence-corrected chi connectivity index (χ0v) is 18.2. The smallest absolute Gasteiger partial charge is 0.365 e. The number of alkyl halides is 3. The molecule has 10 heteroatoms. The highest BCUT2D eigenvalue weighted by Crippen LogP contribution is 2.30. The number of benzene rings is 2. The van der Waals surface area contributed by atoms with E-state index in [1.807, 2.05) is 6.07 Å². The van der Waals surface area contributed by atoms with Crippen molar-refractivity contribution in [1.29, 1.82) is 0 Å². The van der Waals surface area contributed by atoms with Gasteiger partial charge < -0.3 is 15.5 Å². The first-order chi connectivity index (χ1) is 15.6. The third kappa shape index (κ3) is 6.64. The summed E-state index contributed by atoms with van der Waals surface area (Å²) in [4.78, 5) is 34.0. The summed E-state index contributed by atoms with van der Waals surface area (Å²) in [5, 5.41) is 6.48. The average Bonchev–Trinajstić information content (AvgIpc) is 2.79. The molecule has 0 radical (unpaired) electrons. The highest BCUT2D eigenvalue weighted by atomic mass is 19.4. The molecule has 0 aliphatic rings. The quantitative estimate of drug-likeness (QED) is 0.536. The lowest BCUT2D eigenvalue weighted by Crippen LogP contribution is -2.27. The number of hydrogen-bond donors (Lipinski definition) is 2. The van der Waals surface area contributed by atoms with E-state index in [9.17, 15) is 22.8 Å². The summed E-state index contributed by atoms with van der Waals surface area (Å²) in [6.45, 7) is 0.182. The number of halogens is 3. The Morgan fingerprint density at radius 3 is 2.45 bits per heavy atom. The van der Waals surface area contributed by atoms with Crippen LogP contribution in [-0.4, -0.2) is 40.8 Å². The van der Waals surface area contributed by atoms with Crippen molar-refractivity contribution in [2.45, 2.75) is 32.1 Å². The van der Waals surface area contributed by atoms with Crippen LogP contribution in [0.15, 0.2) is 48.5 Å². The van der Waals surface area contributed by atoms with Crippen LogP contribution in [0.2, 0.25) is 0 Å². The van der Waals surface area contributed by atoms with E-state index in [0.717, 1.165) is 12.1 Å². The number of para-hydroxylation sites is 1. The summed E-state index contributed by atoms with van der Waals surface area (Å²) in [6, 6.07) is 12.3. The molecule has 0 bridgehead atoms. The maximum atomic E-state index is 13.0. The standard InChI is InChI=1S/C23H24F3N5O2/c1-31(2)21(33)11-10-20(32)27-14-19-29-18-9-4-3-8-17(18)22(30-19)28-13-15-6-5-7-16(12-15)23(24,25)26/h3-9,12H,10-11,13-14H2,1-2H3,(H,27,32)(H,28,29,30). The Morgan fingerprint density at radius 2 is 1.73 bits per heavy atom. The summed E-state index contributed by atoms with van der Waals surface area (Å²) >= 11 is 0. The van der Waals surface area contributed by atoms with Crippen LogP contribution in [0, 0.1) is 0 Å². The van der Waals surface area contributed by atoms with Gasteiger partial charge in [0.2, 0.25) is 11.8 Å². The van der Waals surface area contributed by atoms with Gasteiger partial charge in [0.1, 0.15) is 5.82 Å². The fourth-order valence-corrected chi connectivity index (χ4v) is 3.09. The Balaban J connectivity index is 1.72. The summed E-state index contributed by atoms with van der Waals surface area (Å²) in [5.74, 6) is 0.339. The molecule has 2 N–H and O–H groups in total. The maximum Gasteiger partial charge on any atom is 0.416 e. The number of carbonyl (C=O) groups is 2. The second-order valence-electron chi connectivity index (χ2n) is 7.62. The number of anilines is 1. The minimum Gasteiger partial charge on any atom is -0.365 e. The molecule has 3 rings (SSSR count). The fourth-order valence-electron chi connectivity index (χ4n) is 3.09. The van der Waals surface area contributed by atoms with Gasteiger partial charge in [0.25, 0.3) is 0 Å². The lowest BCUT2D eigenvalue weighted by molar-refractivity contribution is -0.137. The van der Waals surface area contributed by atoms with Gasteiger partial charge in [-0.15, -0.1) is 0 Å². The van der Waals surface area contributed by atoms with Crippen molar-refractivity contribution in [1.82, 2.24) is 20.2 Å². The van der Waals surface area contributed by atoms with Gasteiger partial charge in [-0.05, 0) is 29.8 Å². The predicted octanol–water partition coefficient (Wildman–Crippen LogP) is 3.75. The van der Waals surface area contributed by atoms with Crippen molar-refractivity contribution < 1.29 is 22.8 Å². The van der Waals surface area contributed by atoms with Crippen molar-refractivity contribution in [2.24, 2.45) is 0 Å². The monoisotopic (exact) mass is 459 g/mol. The zero-order chi connectivity index (χ0) is 24.0. The van der Waals surface area contributed by atoms with Gasteiger partial charge in [-0.1, -0.05) is 24.3 Å². The minimum absolute atomic E-state index is 0.0469. The number of rotatable bonds is 8. The van der Waals surface area contributed by atoms with Crippen molar-refractivity contribution in [3.63, 3.8) is 0 Å². The largest absolute Gasteiger partial charge is 0.416 e. The van der Waals surface area contributed by atoms with Crippen LogP contribution < -0.4 is 10.6 Å².